The molecule has 2 aliphatic rings. The SMILES string of the molecule is Cc1nc(C2CC2)nc2sc(C(=O)NCC3CCCO3)c(C)c12. The Kier molecular flexibility index (Phi) is 3.81. The maximum absolute atomic E-state index is 12.5. The van der Waals surface area contributed by atoms with Crippen molar-refractivity contribution >= 4 is 27.5 Å². The van der Waals surface area contributed by atoms with Gasteiger partial charge < -0.3 is 10.1 Å². The Morgan fingerprint density at radius 1 is 1.30 bits per heavy atom. The number of aryl methyl sites for hydroxylation is 2. The first-order valence-electron chi connectivity index (χ1n) is 8.31. The van der Waals surface area contributed by atoms with Gasteiger partial charge in [0.15, 0.2) is 0 Å². The summed E-state index contributed by atoms with van der Waals surface area (Å²) in [6.45, 7) is 5.41. The highest BCUT2D eigenvalue weighted by Crippen LogP contribution is 2.40. The molecule has 1 aliphatic heterocycles. The van der Waals surface area contributed by atoms with Crippen LogP contribution in [0.15, 0.2) is 0 Å². The number of hydrogen-bond donors (Lipinski definition) is 1. The zero-order chi connectivity index (χ0) is 16.0. The van der Waals surface area contributed by atoms with Gasteiger partial charge in [0.1, 0.15) is 10.7 Å². The maximum Gasteiger partial charge on any atom is 0.261 e. The van der Waals surface area contributed by atoms with Gasteiger partial charge in [-0.3, -0.25) is 4.79 Å². The summed E-state index contributed by atoms with van der Waals surface area (Å²) in [6.07, 6.45) is 4.65. The average Bonchev–Trinajstić information content (AvgIpc) is 3.15. The van der Waals surface area contributed by atoms with Crippen LogP contribution in [0.3, 0.4) is 0 Å². The number of fused-ring (bicyclic) bond motifs is 1. The molecule has 3 heterocycles. The highest BCUT2D eigenvalue weighted by atomic mass is 32.1. The smallest absolute Gasteiger partial charge is 0.261 e. The Balaban J connectivity index is 1.60. The van der Waals surface area contributed by atoms with Gasteiger partial charge >= 0.3 is 0 Å². The van der Waals surface area contributed by atoms with Crippen molar-refractivity contribution in [3.05, 3.63) is 22.0 Å². The molecular weight excluding hydrogens is 310 g/mol. The highest BCUT2D eigenvalue weighted by Gasteiger charge is 2.28. The molecule has 2 aromatic rings. The summed E-state index contributed by atoms with van der Waals surface area (Å²) in [5, 5.41) is 4.05. The Morgan fingerprint density at radius 3 is 2.83 bits per heavy atom. The number of rotatable bonds is 4. The molecule has 1 saturated carbocycles. The second-order valence-electron chi connectivity index (χ2n) is 6.52. The van der Waals surface area contributed by atoms with Crippen molar-refractivity contribution in [3.63, 3.8) is 0 Å². The molecule has 1 unspecified atom stereocenters. The van der Waals surface area contributed by atoms with E-state index in [1.54, 1.807) is 0 Å². The molecule has 1 atom stereocenters. The van der Waals surface area contributed by atoms with Crippen LogP contribution in [0.4, 0.5) is 0 Å². The van der Waals surface area contributed by atoms with Crippen LogP contribution in [0.2, 0.25) is 0 Å². The Morgan fingerprint density at radius 2 is 2.13 bits per heavy atom. The molecular formula is C17H21N3O2S. The van der Waals surface area contributed by atoms with Crippen molar-refractivity contribution in [1.82, 2.24) is 15.3 Å². The molecule has 1 N–H and O–H groups in total. The van der Waals surface area contributed by atoms with E-state index < -0.39 is 0 Å². The van der Waals surface area contributed by atoms with Gasteiger partial charge in [0.25, 0.3) is 5.91 Å². The topological polar surface area (TPSA) is 64.1 Å². The number of nitrogens with zero attached hydrogens (tertiary/aromatic N) is 2. The summed E-state index contributed by atoms with van der Waals surface area (Å²) in [5.41, 5.74) is 1.98. The van der Waals surface area contributed by atoms with E-state index in [1.807, 2.05) is 13.8 Å². The highest BCUT2D eigenvalue weighted by molar-refractivity contribution is 7.20. The number of ether oxygens (including phenoxy) is 1. The van der Waals surface area contributed by atoms with Crippen molar-refractivity contribution in [1.29, 1.82) is 0 Å². The van der Waals surface area contributed by atoms with Crippen LogP contribution in [0.5, 0.6) is 0 Å². The fourth-order valence-electron chi connectivity index (χ4n) is 3.19. The predicted molar refractivity (Wildman–Crippen MR) is 90.2 cm³/mol. The minimum Gasteiger partial charge on any atom is -0.376 e. The fraction of sp³-hybridized carbons (Fsp3) is 0.588. The number of carbonyl (C=O) groups excluding carboxylic acids is 1. The van der Waals surface area contributed by atoms with Crippen molar-refractivity contribution in [2.45, 2.75) is 51.6 Å². The fourth-order valence-corrected chi connectivity index (χ4v) is 4.35. The number of carbonyl (C=O) groups is 1. The molecule has 2 aromatic heterocycles. The minimum absolute atomic E-state index is 0.0200. The third-order valence-electron chi connectivity index (χ3n) is 4.65. The van der Waals surface area contributed by atoms with Gasteiger partial charge in [-0.05, 0) is 45.1 Å². The zero-order valence-electron chi connectivity index (χ0n) is 13.5. The van der Waals surface area contributed by atoms with E-state index in [2.05, 4.69) is 10.3 Å². The summed E-state index contributed by atoms with van der Waals surface area (Å²) in [7, 11) is 0. The number of amides is 1. The van der Waals surface area contributed by atoms with Gasteiger partial charge in [0.05, 0.1) is 16.7 Å². The van der Waals surface area contributed by atoms with Gasteiger partial charge in [0, 0.05) is 24.5 Å². The second kappa shape index (κ2) is 5.83. The molecule has 0 radical (unpaired) electrons. The van der Waals surface area contributed by atoms with Crippen molar-refractivity contribution in [2.75, 3.05) is 13.2 Å². The van der Waals surface area contributed by atoms with Gasteiger partial charge in [0.2, 0.25) is 0 Å². The van der Waals surface area contributed by atoms with Gasteiger partial charge in [-0.15, -0.1) is 11.3 Å². The predicted octanol–water partition coefficient (Wildman–Crippen LogP) is 3.09. The summed E-state index contributed by atoms with van der Waals surface area (Å²) in [6, 6.07) is 0. The van der Waals surface area contributed by atoms with Gasteiger partial charge in [-0.25, -0.2) is 9.97 Å². The Labute approximate surface area is 139 Å². The van der Waals surface area contributed by atoms with E-state index in [1.165, 1.54) is 24.2 Å². The molecule has 6 heteroatoms. The first kappa shape index (κ1) is 15.0. The number of nitrogens with one attached hydrogen (secondary N) is 1. The number of aromatic nitrogens is 2. The standard InChI is InChI=1S/C17H21N3O2S/c1-9-13-10(2)19-15(11-5-6-11)20-17(13)23-14(9)16(21)18-8-12-4-3-7-22-12/h11-12H,3-8H2,1-2H3,(H,18,21). The number of thiophene rings is 1. The van der Waals surface area contributed by atoms with Crippen LogP contribution >= 0.6 is 11.3 Å². The molecule has 0 spiro atoms. The van der Waals surface area contributed by atoms with Gasteiger partial charge in [-0.1, -0.05) is 0 Å². The van der Waals surface area contributed by atoms with Crippen molar-refractivity contribution in [3.8, 4) is 0 Å². The molecule has 1 amide bonds. The largest absolute Gasteiger partial charge is 0.376 e. The maximum atomic E-state index is 12.5. The average molecular weight is 331 g/mol. The Bertz CT molecular complexity index is 761. The molecule has 1 aliphatic carbocycles. The van der Waals surface area contributed by atoms with Crippen molar-refractivity contribution in [2.24, 2.45) is 0 Å². The zero-order valence-corrected chi connectivity index (χ0v) is 14.3. The molecule has 4 rings (SSSR count). The third kappa shape index (κ3) is 2.85. The van der Waals surface area contributed by atoms with E-state index in [0.29, 0.717) is 12.5 Å². The van der Waals surface area contributed by atoms with E-state index in [4.69, 9.17) is 9.72 Å². The van der Waals surface area contributed by atoms with E-state index in [9.17, 15) is 4.79 Å². The molecule has 122 valence electrons. The second-order valence-corrected chi connectivity index (χ2v) is 7.52. The lowest BCUT2D eigenvalue weighted by Crippen LogP contribution is -2.31. The van der Waals surface area contributed by atoms with Crippen LogP contribution in [0.1, 0.15) is 58.4 Å². The summed E-state index contributed by atoms with van der Waals surface area (Å²) in [4.78, 5) is 23.6. The van der Waals surface area contributed by atoms with Crippen LogP contribution in [-0.4, -0.2) is 35.1 Å². The molecule has 2 fully saturated rings. The molecule has 1 saturated heterocycles. The first-order chi connectivity index (χ1) is 11.1. The summed E-state index contributed by atoms with van der Waals surface area (Å²) >= 11 is 1.48. The minimum atomic E-state index is -0.0200. The lowest BCUT2D eigenvalue weighted by molar-refractivity contribution is 0.0860. The Hall–Kier alpha value is -1.53. The van der Waals surface area contributed by atoms with Crippen LogP contribution in [0.25, 0.3) is 10.2 Å². The number of hydrogen-bond acceptors (Lipinski definition) is 5. The quantitative estimate of drug-likeness (QED) is 0.935. The normalized spacial score (nSPS) is 21.0. The van der Waals surface area contributed by atoms with E-state index in [0.717, 1.165) is 51.6 Å². The molecule has 5 nitrogen and oxygen atoms in total. The molecule has 0 bridgehead atoms. The van der Waals surface area contributed by atoms with Crippen molar-refractivity contribution < 1.29 is 9.53 Å². The monoisotopic (exact) mass is 331 g/mol. The third-order valence-corrected chi connectivity index (χ3v) is 5.84. The van der Waals surface area contributed by atoms with Crippen LogP contribution in [0, 0.1) is 13.8 Å². The van der Waals surface area contributed by atoms with Gasteiger partial charge in [-0.2, -0.15) is 0 Å². The molecule has 0 aromatic carbocycles. The van der Waals surface area contributed by atoms with Crippen LogP contribution < -0.4 is 5.32 Å². The van der Waals surface area contributed by atoms with E-state index in [-0.39, 0.29) is 12.0 Å². The first-order valence-corrected chi connectivity index (χ1v) is 9.12. The van der Waals surface area contributed by atoms with E-state index >= 15 is 0 Å². The summed E-state index contributed by atoms with van der Waals surface area (Å²) in [5.74, 6) is 1.45. The van der Waals surface area contributed by atoms with Crippen LogP contribution in [-0.2, 0) is 4.74 Å². The lowest BCUT2D eigenvalue weighted by atomic mass is 10.1. The lowest BCUT2D eigenvalue weighted by Gasteiger charge is -2.10. The molecule has 23 heavy (non-hydrogen) atoms. The summed E-state index contributed by atoms with van der Waals surface area (Å²) < 4.78 is 5.56.